The lowest BCUT2D eigenvalue weighted by molar-refractivity contribution is 0.0467. The molecule has 2 aliphatic heterocycles. The molecule has 1 fully saturated rings. The number of nitrogens with one attached hydrogen (secondary N) is 1. The van der Waals surface area contributed by atoms with Crippen LogP contribution in [0, 0.1) is 11.6 Å². The van der Waals surface area contributed by atoms with Gasteiger partial charge in [-0.3, -0.25) is 0 Å². The van der Waals surface area contributed by atoms with Gasteiger partial charge in [-0.1, -0.05) is 6.92 Å². The molecule has 6 nitrogen and oxygen atoms in total. The van der Waals surface area contributed by atoms with Crippen molar-refractivity contribution >= 4 is 10.2 Å². The van der Waals surface area contributed by atoms with E-state index in [9.17, 15) is 17.2 Å². The van der Waals surface area contributed by atoms with E-state index in [-0.39, 0.29) is 31.1 Å². The predicted octanol–water partition coefficient (Wildman–Crippen LogP) is 0.643. The Morgan fingerprint density at radius 1 is 1.19 bits per heavy atom. The highest BCUT2D eigenvalue weighted by molar-refractivity contribution is 7.87. The number of nitrogens with zero attached hydrogens (tertiary/aromatic N) is 1. The molecule has 1 N–H and O–H groups in total. The number of hydrogen-bond acceptors (Lipinski definition) is 4. The highest BCUT2D eigenvalue weighted by Gasteiger charge is 2.45. The minimum absolute atomic E-state index is 0.0232. The van der Waals surface area contributed by atoms with Crippen LogP contribution in [0.4, 0.5) is 8.78 Å². The Morgan fingerprint density at radius 3 is 2.10 bits per heavy atom. The van der Waals surface area contributed by atoms with Crippen molar-refractivity contribution in [3.8, 4) is 11.5 Å². The standard InChI is InChI=1S/C12H14F2N2O4S/c1-2-15-21(17,18)16-5-9-10(6-16)20-12-8(14)4-3-7(13)11(12)19-9/h3-4,9-10,15H,2,5-6H2,1H3/t9-,10+. The van der Waals surface area contributed by atoms with Gasteiger partial charge in [0.1, 0.15) is 0 Å². The topological polar surface area (TPSA) is 67.9 Å². The molecular weight excluding hydrogens is 306 g/mol. The molecule has 2 aliphatic rings. The molecule has 0 unspecified atom stereocenters. The van der Waals surface area contributed by atoms with Gasteiger partial charge in [0.2, 0.25) is 11.5 Å². The van der Waals surface area contributed by atoms with E-state index in [4.69, 9.17) is 9.47 Å². The Labute approximate surface area is 120 Å². The molecule has 3 rings (SSSR count). The maximum atomic E-state index is 13.6. The number of ether oxygens (including phenoxy) is 2. The first-order valence-corrected chi connectivity index (χ1v) is 7.92. The third-order valence-corrected chi connectivity index (χ3v) is 5.03. The summed E-state index contributed by atoms with van der Waals surface area (Å²) in [7, 11) is -3.64. The molecular formula is C12H14F2N2O4S. The van der Waals surface area contributed by atoms with Crippen molar-refractivity contribution in [2.75, 3.05) is 19.6 Å². The third kappa shape index (κ3) is 2.45. The highest BCUT2D eigenvalue weighted by atomic mass is 32.2. The summed E-state index contributed by atoms with van der Waals surface area (Å²) in [6, 6.07) is 1.89. The number of hydrogen-bond donors (Lipinski definition) is 1. The summed E-state index contributed by atoms with van der Waals surface area (Å²) in [5, 5.41) is 0. The van der Waals surface area contributed by atoms with Gasteiger partial charge in [0.15, 0.2) is 23.8 Å². The van der Waals surface area contributed by atoms with Crippen molar-refractivity contribution < 1.29 is 26.7 Å². The van der Waals surface area contributed by atoms with Crippen LogP contribution in [0.2, 0.25) is 0 Å². The van der Waals surface area contributed by atoms with E-state index >= 15 is 0 Å². The molecule has 2 atom stereocenters. The van der Waals surface area contributed by atoms with Gasteiger partial charge in [0.05, 0.1) is 13.1 Å². The van der Waals surface area contributed by atoms with Gasteiger partial charge < -0.3 is 9.47 Å². The van der Waals surface area contributed by atoms with Crippen LogP contribution in [0.1, 0.15) is 6.92 Å². The van der Waals surface area contributed by atoms with Gasteiger partial charge in [0, 0.05) is 6.54 Å². The summed E-state index contributed by atoms with van der Waals surface area (Å²) in [6.45, 7) is 1.96. The van der Waals surface area contributed by atoms with Crippen LogP contribution >= 0.6 is 0 Å². The lowest BCUT2D eigenvalue weighted by atomic mass is 10.2. The average molecular weight is 320 g/mol. The van der Waals surface area contributed by atoms with E-state index in [1.807, 2.05) is 0 Å². The van der Waals surface area contributed by atoms with Crippen LogP contribution in [-0.4, -0.2) is 44.6 Å². The zero-order chi connectivity index (χ0) is 15.2. The van der Waals surface area contributed by atoms with E-state index in [0.29, 0.717) is 0 Å². The monoisotopic (exact) mass is 320 g/mol. The molecule has 2 heterocycles. The fraction of sp³-hybridized carbons (Fsp3) is 0.500. The van der Waals surface area contributed by atoms with Crippen molar-refractivity contribution in [3.05, 3.63) is 23.8 Å². The third-order valence-electron chi connectivity index (χ3n) is 3.40. The second-order valence-electron chi connectivity index (χ2n) is 4.82. The van der Waals surface area contributed by atoms with E-state index in [1.54, 1.807) is 6.92 Å². The van der Waals surface area contributed by atoms with E-state index in [0.717, 1.165) is 16.4 Å². The Balaban J connectivity index is 1.85. The van der Waals surface area contributed by atoms with Crippen molar-refractivity contribution in [2.45, 2.75) is 19.1 Å². The summed E-state index contributed by atoms with van der Waals surface area (Å²) in [4.78, 5) is 0. The predicted molar refractivity (Wildman–Crippen MR) is 69.4 cm³/mol. The number of rotatable bonds is 3. The molecule has 1 aromatic rings. The first-order valence-electron chi connectivity index (χ1n) is 6.48. The van der Waals surface area contributed by atoms with Crippen LogP contribution in [0.5, 0.6) is 11.5 Å². The number of halogens is 2. The molecule has 0 aromatic heterocycles. The van der Waals surface area contributed by atoms with Crippen LogP contribution < -0.4 is 14.2 Å². The summed E-state index contributed by atoms with van der Waals surface area (Å²) in [6.07, 6.45) is -1.33. The van der Waals surface area contributed by atoms with Crippen molar-refractivity contribution in [3.63, 3.8) is 0 Å². The van der Waals surface area contributed by atoms with E-state index < -0.39 is 34.1 Å². The van der Waals surface area contributed by atoms with Gasteiger partial charge in [-0.2, -0.15) is 12.7 Å². The normalized spacial score (nSPS) is 24.9. The molecule has 0 radical (unpaired) electrons. The lowest BCUT2D eigenvalue weighted by Crippen LogP contribution is -2.40. The molecule has 0 bridgehead atoms. The molecule has 0 saturated carbocycles. The van der Waals surface area contributed by atoms with Gasteiger partial charge in [-0.25, -0.2) is 13.5 Å². The molecule has 0 spiro atoms. The quantitative estimate of drug-likeness (QED) is 0.888. The van der Waals surface area contributed by atoms with Crippen LogP contribution in [-0.2, 0) is 10.2 Å². The Bertz CT molecular complexity index is 628. The molecule has 21 heavy (non-hydrogen) atoms. The number of fused-ring (bicyclic) bond motifs is 2. The first-order chi connectivity index (χ1) is 9.92. The smallest absolute Gasteiger partial charge is 0.279 e. The molecule has 116 valence electrons. The lowest BCUT2D eigenvalue weighted by Gasteiger charge is -2.28. The van der Waals surface area contributed by atoms with Crippen LogP contribution in [0.25, 0.3) is 0 Å². The summed E-state index contributed by atoms with van der Waals surface area (Å²) in [5.41, 5.74) is 0. The van der Waals surface area contributed by atoms with Crippen LogP contribution in [0.3, 0.4) is 0 Å². The molecule has 9 heteroatoms. The van der Waals surface area contributed by atoms with Gasteiger partial charge in [0.25, 0.3) is 10.2 Å². The molecule has 0 amide bonds. The zero-order valence-corrected chi connectivity index (χ0v) is 12.0. The summed E-state index contributed by atoms with van der Waals surface area (Å²) in [5.74, 6) is -2.09. The molecule has 0 aliphatic carbocycles. The maximum Gasteiger partial charge on any atom is 0.279 e. The minimum atomic E-state index is -3.64. The fourth-order valence-electron chi connectivity index (χ4n) is 2.44. The van der Waals surface area contributed by atoms with Crippen molar-refractivity contribution in [2.24, 2.45) is 0 Å². The second kappa shape index (κ2) is 5.08. The Morgan fingerprint density at radius 2 is 1.67 bits per heavy atom. The largest absolute Gasteiger partial charge is 0.478 e. The maximum absolute atomic E-state index is 13.6. The SMILES string of the molecule is CCNS(=O)(=O)N1C[C@@H]2Oc3c(F)ccc(F)c3O[C@@H]2C1. The zero-order valence-electron chi connectivity index (χ0n) is 11.2. The molecule has 1 aromatic carbocycles. The van der Waals surface area contributed by atoms with Gasteiger partial charge in [-0.15, -0.1) is 0 Å². The number of benzene rings is 1. The fourth-order valence-corrected chi connectivity index (χ4v) is 3.68. The molecule has 1 saturated heterocycles. The van der Waals surface area contributed by atoms with Gasteiger partial charge >= 0.3 is 0 Å². The van der Waals surface area contributed by atoms with Crippen molar-refractivity contribution in [1.82, 2.24) is 9.03 Å². The second-order valence-corrected chi connectivity index (χ2v) is 6.58. The van der Waals surface area contributed by atoms with E-state index in [2.05, 4.69) is 4.72 Å². The first kappa shape index (κ1) is 14.5. The van der Waals surface area contributed by atoms with E-state index in [1.165, 1.54) is 0 Å². The Hall–Kier alpha value is -1.45. The van der Waals surface area contributed by atoms with Gasteiger partial charge in [-0.05, 0) is 12.1 Å². The van der Waals surface area contributed by atoms with Crippen LogP contribution in [0.15, 0.2) is 12.1 Å². The summed E-state index contributed by atoms with van der Waals surface area (Å²) < 4.78 is 65.5. The summed E-state index contributed by atoms with van der Waals surface area (Å²) >= 11 is 0. The van der Waals surface area contributed by atoms with Crippen molar-refractivity contribution in [1.29, 1.82) is 0 Å². The average Bonchev–Trinajstić information content (AvgIpc) is 2.85. The Kier molecular flexibility index (Phi) is 3.50. The highest BCUT2D eigenvalue weighted by Crippen LogP contribution is 2.40. The minimum Gasteiger partial charge on any atom is -0.478 e.